The van der Waals surface area contributed by atoms with E-state index in [-0.39, 0.29) is 29.8 Å². The molecule has 1 heterocycles. The first-order chi connectivity index (χ1) is 15.3. The van der Waals surface area contributed by atoms with E-state index in [0.717, 1.165) is 18.2 Å². The Hall–Kier alpha value is -2.64. The van der Waals surface area contributed by atoms with E-state index in [9.17, 15) is 21.6 Å². The molecule has 0 unspecified atom stereocenters. The fourth-order valence-electron chi connectivity index (χ4n) is 4.49. The van der Waals surface area contributed by atoms with Crippen molar-refractivity contribution >= 4 is 10.0 Å². The fourth-order valence-corrected chi connectivity index (χ4v) is 6.01. The lowest BCUT2D eigenvalue weighted by Crippen LogP contribution is -2.40. The molecule has 4 rings (SSSR count). The number of rotatable bonds is 5. The third-order valence-corrected chi connectivity index (χ3v) is 7.98. The topological polar surface area (TPSA) is 37.4 Å². The van der Waals surface area contributed by atoms with E-state index in [1.165, 1.54) is 21.5 Å². The number of sulfonamides is 1. The smallest absolute Gasteiger partial charge is 0.207 e. The van der Waals surface area contributed by atoms with Crippen molar-refractivity contribution < 1.29 is 21.6 Å². The Morgan fingerprint density at radius 3 is 1.81 bits per heavy atom. The molecule has 0 radical (unpaired) electrons. The van der Waals surface area contributed by atoms with Crippen LogP contribution in [-0.2, 0) is 16.2 Å². The first-order valence-corrected chi connectivity index (χ1v) is 12.0. The fraction of sp³-hybridized carbons (Fsp3) is 0.280. The summed E-state index contributed by atoms with van der Waals surface area (Å²) < 4.78 is 66.6. The molecule has 0 spiro atoms. The highest BCUT2D eigenvalue weighted by Gasteiger charge is 2.36. The van der Waals surface area contributed by atoms with Crippen molar-refractivity contribution in [3.63, 3.8) is 0 Å². The number of halogens is 3. The molecule has 7 heteroatoms. The molecule has 0 saturated carbocycles. The maximum absolute atomic E-state index is 13.1. The van der Waals surface area contributed by atoms with E-state index < -0.39 is 21.8 Å². The molecule has 168 valence electrons. The molecule has 0 bridgehead atoms. The lowest BCUT2D eigenvalue weighted by molar-refractivity contribution is -0.137. The van der Waals surface area contributed by atoms with Crippen molar-refractivity contribution in [2.24, 2.45) is 5.92 Å². The number of benzene rings is 3. The molecule has 1 saturated heterocycles. The van der Waals surface area contributed by atoms with Gasteiger partial charge in [-0.3, -0.25) is 0 Å². The molecule has 0 N–H and O–H groups in total. The van der Waals surface area contributed by atoms with E-state index in [4.69, 9.17) is 0 Å². The van der Waals surface area contributed by atoms with E-state index in [1.54, 1.807) is 0 Å². The van der Waals surface area contributed by atoms with Crippen molar-refractivity contribution in [1.82, 2.24) is 4.31 Å². The van der Waals surface area contributed by atoms with Gasteiger partial charge in [-0.2, -0.15) is 17.5 Å². The summed E-state index contributed by atoms with van der Waals surface area (Å²) in [5.74, 6) is 0.364. The normalized spacial score (nSPS) is 16.4. The van der Waals surface area contributed by atoms with Crippen LogP contribution in [0, 0.1) is 5.92 Å². The van der Waals surface area contributed by atoms with Gasteiger partial charge in [0.25, 0.3) is 0 Å². The highest BCUT2D eigenvalue weighted by Crippen LogP contribution is 2.39. The van der Waals surface area contributed by atoms with Gasteiger partial charge in [0.1, 0.15) is 0 Å². The maximum atomic E-state index is 13.1. The number of alkyl halides is 3. The number of piperidine rings is 1. The SMILES string of the molecule is O=S(=O)(c1cccc(C(F)(F)F)c1)N1CCC(C(c2ccccc2)c2ccccc2)CC1. The van der Waals surface area contributed by atoms with Crippen LogP contribution in [0.25, 0.3) is 0 Å². The van der Waals surface area contributed by atoms with Crippen LogP contribution in [0.1, 0.15) is 35.4 Å². The minimum absolute atomic E-state index is 0.135. The molecule has 1 aliphatic heterocycles. The van der Waals surface area contributed by atoms with Gasteiger partial charge in [-0.1, -0.05) is 66.7 Å². The van der Waals surface area contributed by atoms with Crippen LogP contribution in [-0.4, -0.2) is 25.8 Å². The number of nitrogens with zero attached hydrogens (tertiary/aromatic N) is 1. The van der Waals surface area contributed by atoms with Crippen LogP contribution in [0.3, 0.4) is 0 Å². The summed E-state index contributed by atoms with van der Waals surface area (Å²) >= 11 is 0. The van der Waals surface area contributed by atoms with Gasteiger partial charge in [0.05, 0.1) is 10.5 Å². The monoisotopic (exact) mass is 459 g/mol. The van der Waals surface area contributed by atoms with Crippen LogP contribution in [0.2, 0.25) is 0 Å². The van der Waals surface area contributed by atoms with Crippen LogP contribution in [0.4, 0.5) is 13.2 Å². The predicted octanol–water partition coefficient (Wildman–Crippen LogP) is 5.94. The lowest BCUT2D eigenvalue weighted by atomic mass is 9.76. The first-order valence-electron chi connectivity index (χ1n) is 10.5. The van der Waals surface area contributed by atoms with E-state index >= 15 is 0 Å². The molecule has 0 amide bonds. The Balaban J connectivity index is 1.55. The highest BCUT2D eigenvalue weighted by molar-refractivity contribution is 7.89. The van der Waals surface area contributed by atoms with Gasteiger partial charge in [0.15, 0.2) is 0 Å². The Kier molecular flexibility index (Phi) is 6.40. The molecular weight excluding hydrogens is 435 g/mol. The third-order valence-electron chi connectivity index (χ3n) is 6.09. The van der Waals surface area contributed by atoms with Gasteiger partial charge in [-0.05, 0) is 48.1 Å². The van der Waals surface area contributed by atoms with Crippen molar-refractivity contribution in [2.45, 2.75) is 29.8 Å². The first kappa shape index (κ1) is 22.6. The highest BCUT2D eigenvalue weighted by atomic mass is 32.2. The second kappa shape index (κ2) is 9.08. The average molecular weight is 460 g/mol. The second-order valence-corrected chi connectivity index (χ2v) is 10.0. The van der Waals surface area contributed by atoms with Gasteiger partial charge in [-0.25, -0.2) is 8.42 Å². The number of hydrogen-bond donors (Lipinski definition) is 0. The van der Waals surface area contributed by atoms with Crippen LogP contribution in [0.5, 0.6) is 0 Å². The van der Waals surface area contributed by atoms with Crippen LogP contribution >= 0.6 is 0 Å². The molecule has 0 aliphatic carbocycles. The molecule has 32 heavy (non-hydrogen) atoms. The molecular formula is C25H24F3NO2S. The van der Waals surface area contributed by atoms with E-state index in [0.29, 0.717) is 12.8 Å². The van der Waals surface area contributed by atoms with Gasteiger partial charge in [-0.15, -0.1) is 0 Å². The van der Waals surface area contributed by atoms with Crippen LogP contribution < -0.4 is 0 Å². The van der Waals surface area contributed by atoms with Crippen molar-refractivity contribution in [1.29, 1.82) is 0 Å². The lowest BCUT2D eigenvalue weighted by Gasteiger charge is -2.36. The quantitative estimate of drug-likeness (QED) is 0.474. The largest absolute Gasteiger partial charge is 0.416 e. The van der Waals surface area contributed by atoms with Gasteiger partial charge in [0, 0.05) is 19.0 Å². The summed E-state index contributed by atoms with van der Waals surface area (Å²) in [5.41, 5.74) is 1.40. The Labute approximate surface area is 186 Å². The summed E-state index contributed by atoms with van der Waals surface area (Å²) in [7, 11) is -3.99. The summed E-state index contributed by atoms with van der Waals surface area (Å²) in [5, 5.41) is 0. The maximum Gasteiger partial charge on any atom is 0.416 e. The number of hydrogen-bond acceptors (Lipinski definition) is 2. The minimum atomic E-state index is -4.59. The molecule has 0 atom stereocenters. The van der Waals surface area contributed by atoms with E-state index in [2.05, 4.69) is 24.3 Å². The molecule has 1 aliphatic rings. The summed E-state index contributed by atoms with van der Waals surface area (Å²) in [6.07, 6.45) is -3.32. The predicted molar refractivity (Wildman–Crippen MR) is 118 cm³/mol. The Morgan fingerprint density at radius 2 is 1.31 bits per heavy atom. The molecule has 1 fully saturated rings. The Morgan fingerprint density at radius 1 is 0.781 bits per heavy atom. The Bertz CT molecular complexity index is 1100. The molecule has 0 aromatic heterocycles. The third kappa shape index (κ3) is 4.74. The summed E-state index contributed by atoms with van der Waals surface area (Å²) in [6, 6.07) is 24.3. The van der Waals surface area contributed by atoms with Gasteiger partial charge < -0.3 is 0 Å². The van der Waals surface area contributed by atoms with E-state index in [1.807, 2.05) is 36.4 Å². The van der Waals surface area contributed by atoms with Crippen molar-refractivity contribution in [3.8, 4) is 0 Å². The standard InChI is InChI=1S/C25H24F3NO2S/c26-25(27,28)22-12-7-13-23(18-22)32(30,31)29-16-14-21(15-17-29)24(19-8-3-1-4-9-19)20-10-5-2-6-11-20/h1-13,18,21,24H,14-17H2. The summed E-state index contributed by atoms with van der Waals surface area (Å²) in [4.78, 5) is -0.312. The average Bonchev–Trinajstić information content (AvgIpc) is 2.81. The van der Waals surface area contributed by atoms with Crippen molar-refractivity contribution in [3.05, 3.63) is 102 Å². The second-order valence-electron chi connectivity index (χ2n) is 8.07. The zero-order chi connectivity index (χ0) is 22.8. The summed E-state index contributed by atoms with van der Waals surface area (Å²) in [6.45, 7) is 0.554. The zero-order valence-electron chi connectivity index (χ0n) is 17.4. The van der Waals surface area contributed by atoms with Gasteiger partial charge >= 0.3 is 6.18 Å². The van der Waals surface area contributed by atoms with Crippen LogP contribution in [0.15, 0.2) is 89.8 Å². The molecule has 3 aromatic rings. The minimum Gasteiger partial charge on any atom is -0.207 e. The zero-order valence-corrected chi connectivity index (χ0v) is 18.2. The molecule has 3 nitrogen and oxygen atoms in total. The van der Waals surface area contributed by atoms with Gasteiger partial charge in [0.2, 0.25) is 10.0 Å². The molecule has 3 aromatic carbocycles. The van der Waals surface area contributed by atoms with Crippen molar-refractivity contribution in [2.75, 3.05) is 13.1 Å².